The minimum absolute atomic E-state index is 0.132. The van der Waals surface area contributed by atoms with Crippen molar-refractivity contribution in [2.75, 3.05) is 13.2 Å². The third kappa shape index (κ3) is 38.5. The Morgan fingerprint density at radius 3 is 1.06 bits per heavy atom. The first kappa shape index (κ1) is 64.2. The Morgan fingerprint density at radius 1 is 0.448 bits per heavy atom. The maximum Gasteiger partial charge on any atom is 0.220 e. The molecule has 1 amide bonds. The van der Waals surface area contributed by atoms with Gasteiger partial charge in [0.2, 0.25) is 5.91 Å². The van der Waals surface area contributed by atoms with Crippen molar-refractivity contribution < 1.29 is 39.8 Å². The molecule has 7 atom stereocenters. The molecule has 2 unspecified atom stereocenters. The van der Waals surface area contributed by atoms with E-state index < -0.39 is 49.5 Å². The van der Waals surface area contributed by atoms with E-state index in [1.807, 2.05) is 0 Å². The summed E-state index contributed by atoms with van der Waals surface area (Å²) in [6, 6.07) is -0.712. The maximum absolute atomic E-state index is 13.0. The summed E-state index contributed by atoms with van der Waals surface area (Å²) < 4.78 is 11.3. The van der Waals surface area contributed by atoms with E-state index >= 15 is 0 Å². The summed E-state index contributed by atoms with van der Waals surface area (Å²) in [6.45, 7) is 3.86. The Morgan fingerprint density at radius 2 is 0.746 bits per heavy atom. The summed E-state index contributed by atoms with van der Waals surface area (Å²) in [5.74, 6) is -0.138. The minimum Gasteiger partial charge on any atom is -0.394 e. The molecule has 6 N–H and O–H groups in total. The van der Waals surface area contributed by atoms with Crippen LogP contribution in [0.15, 0.2) is 0 Å². The molecule has 1 aliphatic heterocycles. The molecule has 1 aliphatic rings. The van der Waals surface area contributed by atoms with E-state index in [0.717, 1.165) is 38.5 Å². The number of hydrogen-bond acceptors (Lipinski definition) is 8. The van der Waals surface area contributed by atoms with Crippen LogP contribution in [0, 0.1) is 0 Å². The van der Waals surface area contributed by atoms with Crippen LogP contribution in [0.3, 0.4) is 0 Å². The van der Waals surface area contributed by atoms with E-state index in [2.05, 4.69) is 19.2 Å². The summed E-state index contributed by atoms with van der Waals surface area (Å²) in [7, 11) is 0. The summed E-state index contributed by atoms with van der Waals surface area (Å²) in [5.41, 5.74) is 0. The molecule has 0 radical (unpaired) electrons. The molecule has 1 fully saturated rings. The fraction of sp³-hybridized carbons (Fsp3) is 0.983. The topological polar surface area (TPSA) is 149 Å². The third-order valence-corrected chi connectivity index (χ3v) is 14.7. The average molecular weight is 955 g/mol. The SMILES string of the molecule is CCCCCCCCCCCCCCCCCCCCCCCCCCCCCCCCCCCC(=O)N[C@@H](CO[C@@H]1O[C@H](CO)[C@H](O)C(O)C1O)[C@H](O)CCCCCCCCCCCCC. The normalized spacial score (nSPS) is 19.5. The lowest BCUT2D eigenvalue weighted by molar-refractivity contribution is -0.302. The zero-order chi connectivity index (χ0) is 48.7. The van der Waals surface area contributed by atoms with Gasteiger partial charge in [-0.2, -0.15) is 0 Å². The zero-order valence-corrected chi connectivity index (χ0v) is 44.4. The Bertz CT molecular complexity index is 1020. The van der Waals surface area contributed by atoms with Crippen molar-refractivity contribution in [3.8, 4) is 0 Å². The van der Waals surface area contributed by atoms with Gasteiger partial charge in [-0.1, -0.05) is 290 Å². The van der Waals surface area contributed by atoms with E-state index in [1.165, 1.54) is 244 Å². The maximum atomic E-state index is 13.0. The summed E-state index contributed by atoms with van der Waals surface area (Å²) in [5, 5.41) is 54.5. The van der Waals surface area contributed by atoms with Crippen LogP contribution in [0.1, 0.15) is 309 Å². The van der Waals surface area contributed by atoms with E-state index in [9.17, 15) is 30.3 Å². The molecule has 0 bridgehead atoms. The lowest BCUT2D eigenvalue weighted by Gasteiger charge is -2.40. The van der Waals surface area contributed by atoms with E-state index in [0.29, 0.717) is 12.8 Å². The van der Waals surface area contributed by atoms with Gasteiger partial charge in [0.05, 0.1) is 25.4 Å². The number of unbranched alkanes of at least 4 members (excludes halogenated alkanes) is 42. The Labute approximate surface area is 414 Å². The Kier molecular flexibility index (Phi) is 46.8. The number of aliphatic hydroxyl groups excluding tert-OH is 5. The van der Waals surface area contributed by atoms with Gasteiger partial charge in [-0.05, 0) is 12.8 Å². The lowest BCUT2D eigenvalue weighted by atomic mass is 9.99. The van der Waals surface area contributed by atoms with Crippen LogP contribution in [0.5, 0.6) is 0 Å². The summed E-state index contributed by atoms with van der Waals surface area (Å²) in [6.07, 6.45) is 51.7. The van der Waals surface area contributed by atoms with E-state index in [1.54, 1.807) is 0 Å². The number of nitrogens with one attached hydrogen (secondary N) is 1. The van der Waals surface area contributed by atoms with Crippen molar-refractivity contribution >= 4 is 5.91 Å². The van der Waals surface area contributed by atoms with Crippen molar-refractivity contribution in [3.63, 3.8) is 0 Å². The monoisotopic (exact) mass is 954 g/mol. The molecule has 9 nitrogen and oxygen atoms in total. The van der Waals surface area contributed by atoms with Gasteiger partial charge in [0.25, 0.3) is 0 Å². The molecule has 0 aliphatic carbocycles. The number of hydrogen-bond donors (Lipinski definition) is 6. The first-order chi connectivity index (χ1) is 32.8. The van der Waals surface area contributed by atoms with Crippen molar-refractivity contribution in [3.05, 3.63) is 0 Å². The largest absolute Gasteiger partial charge is 0.394 e. The van der Waals surface area contributed by atoms with Gasteiger partial charge in [-0.3, -0.25) is 4.79 Å². The standard InChI is InChI=1S/C58H115NO8/c1-3-5-7-9-11-13-15-16-17-18-19-20-21-22-23-24-25-26-27-28-29-30-31-32-33-34-35-36-38-40-42-44-46-48-54(62)59-51(50-66-58-57(65)56(64)55(63)53(49-60)67-58)52(61)47-45-43-41-39-37-14-12-10-8-6-4-2/h51-53,55-58,60-61,63-65H,3-50H2,1-2H3,(H,59,62)/t51-,52+,53+,55-,56?,57?,58+/m0/s1. The quantitative estimate of drug-likeness (QED) is 0.0330. The molecular weight excluding hydrogens is 839 g/mol. The molecule has 67 heavy (non-hydrogen) atoms. The first-order valence-corrected chi connectivity index (χ1v) is 29.7. The molecule has 0 saturated carbocycles. The Hall–Kier alpha value is -0.810. The van der Waals surface area contributed by atoms with Crippen LogP contribution in [0.4, 0.5) is 0 Å². The number of amides is 1. The molecule has 400 valence electrons. The molecule has 9 heteroatoms. The highest BCUT2D eigenvalue weighted by molar-refractivity contribution is 5.76. The molecule has 0 aromatic carbocycles. The van der Waals surface area contributed by atoms with Crippen LogP contribution in [-0.4, -0.2) is 87.5 Å². The molecule has 0 aromatic rings. The highest BCUT2D eigenvalue weighted by Crippen LogP contribution is 2.23. The summed E-state index contributed by atoms with van der Waals surface area (Å²) >= 11 is 0. The lowest BCUT2D eigenvalue weighted by Crippen LogP contribution is -2.60. The zero-order valence-electron chi connectivity index (χ0n) is 44.4. The van der Waals surface area contributed by atoms with Gasteiger partial charge in [-0.25, -0.2) is 0 Å². The highest BCUT2D eigenvalue weighted by atomic mass is 16.7. The van der Waals surface area contributed by atoms with Crippen LogP contribution in [0.2, 0.25) is 0 Å². The number of ether oxygens (including phenoxy) is 2. The second-order valence-corrected chi connectivity index (χ2v) is 21.2. The van der Waals surface area contributed by atoms with Gasteiger partial charge >= 0.3 is 0 Å². The van der Waals surface area contributed by atoms with Crippen LogP contribution >= 0.6 is 0 Å². The van der Waals surface area contributed by atoms with Crippen molar-refractivity contribution in [2.45, 2.75) is 352 Å². The molecule has 1 rings (SSSR count). The number of rotatable bonds is 52. The number of carbonyl (C=O) groups is 1. The molecule has 0 spiro atoms. The number of aliphatic hydroxyl groups is 5. The van der Waals surface area contributed by atoms with Gasteiger partial charge in [0.1, 0.15) is 24.4 Å². The van der Waals surface area contributed by atoms with Crippen molar-refractivity contribution in [1.82, 2.24) is 5.32 Å². The summed E-state index contributed by atoms with van der Waals surface area (Å²) in [4.78, 5) is 13.0. The Balaban J connectivity index is 2.04. The van der Waals surface area contributed by atoms with E-state index in [-0.39, 0.29) is 12.5 Å². The minimum atomic E-state index is -1.55. The first-order valence-electron chi connectivity index (χ1n) is 29.7. The van der Waals surface area contributed by atoms with Gasteiger partial charge < -0.3 is 40.3 Å². The molecule has 1 heterocycles. The third-order valence-electron chi connectivity index (χ3n) is 14.7. The molecule has 0 aromatic heterocycles. The van der Waals surface area contributed by atoms with Crippen LogP contribution < -0.4 is 5.32 Å². The fourth-order valence-electron chi connectivity index (χ4n) is 9.99. The van der Waals surface area contributed by atoms with Crippen molar-refractivity contribution in [1.29, 1.82) is 0 Å². The fourth-order valence-corrected chi connectivity index (χ4v) is 9.99. The van der Waals surface area contributed by atoms with Gasteiger partial charge in [0.15, 0.2) is 6.29 Å². The van der Waals surface area contributed by atoms with Crippen molar-refractivity contribution in [2.24, 2.45) is 0 Å². The molecule has 1 saturated heterocycles. The smallest absolute Gasteiger partial charge is 0.220 e. The van der Waals surface area contributed by atoms with Crippen LogP contribution in [-0.2, 0) is 14.3 Å². The highest BCUT2D eigenvalue weighted by Gasteiger charge is 2.44. The second kappa shape index (κ2) is 48.8. The van der Waals surface area contributed by atoms with Gasteiger partial charge in [0, 0.05) is 6.42 Å². The molecular formula is C58H115NO8. The predicted molar refractivity (Wildman–Crippen MR) is 281 cm³/mol. The second-order valence-electron chi connectivity index (χ2n) is 21.2. The van der Waals surface area contributed by atoms with Gasteiger partial charge in [-0.15, -0.1) is 0 Å². The number of carbonyl (C=O) groups excluding carboxylic acids is 1. The van der Waals surface area contributed by atoms with Crippen LogP contribution in [0.25, 0.3) is 0 Å². The average Bonchev–Trinajstić information content (AvgIpc) is 3.33. The predicted octanol–water partition coefficient (Wildman–Crippen LogP) is 14.6. The van der Waals surface area contributed by atoms with E-state index in [4.69, 9.17) is 9.47 Å².